The van der Waals surface area contributed by atoms with Gasteiger partial charge in [0.25, 0.3) is 0 Å². The summed E-state index contributed by atoms with van der Waals surface area (Å²) in [5.74, 6) is -0.0608. The summed E-state index contributed by atoms with van der Waals surface area (Å²) in [6.07, 6.45) is 2.65. The molecule has 2 fully saturated rings. The predicted octanol–water partition coefficient (Wildman–Crippen LogP) is 2.85. The minimum absolute atomic E-state index is 0.109. The number of hydrogen-bond donors (Lipinski definition) is 1. The van der Waals surface area contributed by atoms with Crippen LogP contribution < -0.4 is 10.6 Å². The first-order chi connectivity index (χ1) is 9.52. The van der Waals surface area contributed by atoms with E-state index >= 15 is 0 Å². The van der Waals surface area contributed by atoms with Crippen LogP contribution in [0, 0.1) is 17.8 Å². The molecule has 1 aliphatic carbocycles. The van der Waals surface area contributed by atoms with E-state index in [9.17, 15) is 9.59 Å². The van der Waals surface area contributed by atoms with Gasteiger partial charge in [-0.3, -0.25) is 9.59 Å². The summed E-state index contributed by atoms with van der Waals surface area (Å²) in [4.78, 5) is 26.3. The summed E-state index contributed by atoms with van der Waals surface area (Å²) >= 11 is 6.13. The molecule has 1 aliphatic heterocycles. The molecule has 4 nitrogen and oxygen atoms in total. The summed E-state index contributed by atoms with van der Waals surface area (Å²) < 4.78 is 0. The highest BCUT2D eigenvalue weighted by molar-refractivity contribution is 6.36. The SMILES string of the molecule is CCC1CC2C(=O)N(c3ccc(N)cc3Cl)C(=O)C2C1. The molecule has 0 radical (unpaired) electrons. The van der Waals surface area contributed by atoms with E-state index in [1.807, 2.05) is 0 Å². The maximum Gasteiger partial charge on any atom is 0.237 e. The molecule has 2 amide bonds. The first-order valence-corrected chi connectivity index (χ1v) is 7.33. The Labute approximate surface area is 122 Å². The van der Waals surface area contributed by atoms with E-state index in [1.165, 1.54) is 4.90 Å². The highest BCUT2D eigenvalue weighted by Gasteiger charge is 2.53. The number of benzene rings is 1. The second-order valence-corrected chi connectivity index (χ2v) is 6.09. The number of amides is 2. The topological polar surface area (TPSA) is 63.4 Å². The number of fused-ring (bicyclic) bond motifs is 1. The van der Waals surface area contributed by atoms with Crippen LogP contribution in [-0.2, 0) is 9.59 Å². The number of carbonyl (C=O) groups excluding carboxylic acids is 2. The van der Waals surface area contributed by atoms with Crippen LogP contribution in [0.15, 0.2) is 18.2 Å². The number of carbonyl (C=O) groups is 2. The lowest BCUT2D eigenvalue weighted by molar-refractivity contribution is -0.123. The van der Waals surface area contributed by atoms with Gasteiger partial charge in [0.05, 0.1) is 22.5 Å². The highest BCUT2D eigenvalue weighted by atomic mass is 35.5. The van der Waals surface area contributed by atoms with Crippen LogP contribution in [0.1, 0.15) is 26.2 Å². The molecule has 1 heterocycles. The number of nitrogens with two attached hydrogens (primary N) is 1. The highest BCUT2D eigenvalue weighted by Crippen LogP contribution is 2.46. The number of nitrogens with zero attached hydrogens (tertiary/aromatic N) is 1. The van der Waals surface area contributed by atoms with Gasteiger partial charge in [-0.25, -0.2) is 4.90 Å². The van der Waals surface area contributed by atoms with E-state index in [4.69, 9.17) is 17.3 Å². The van der Waals surface area contributed by atoms with E-state index in [2.05, 4.69) is 6.92 Å². The third kappa shape index (κ3) is 1.90. The van der Waals surface area contributed by atoms with Crippen LogP contribution in [0.3, 0.4) is 0 Å². The zero-order valence-electron chi connectivity index (χ0n) is 11.3. The van der Waals surface area contributed by atoms with Gasteiger partial charge in [-0.2, -0.15) is 0 Å². The van der Waals surface area contributed by atoms with Crippen LogP contribution in [0.25, 0.3) is 0 Å². The quantitative estimate of drug-likeness (QED) is 0.673. The summed E-state index contributed by atoms with van der Waals surface area (Å²) in [6.45, 7) is 2.11. The van der Waals surface area contributed by atoms with Gasteiger partial charge in [0.2, 0.25) is 11.8 Å². The second-order valence-electron chi connectivity index (χ2n) is 5.68. The first-order valence-electron chi connectivity index (χ1n) is 6.95. The van der Waals surface area contributed by atoms with E-state index in [0.717, 1.165) is 19.3 Å². The number of hydrogen-bond acceptors (Lipinski definition) is 3. The molecule has 1 aromatic rings. The molecule has 2 aliphatic rings. The Morgan fingerprint density at radius 1 is 1.25 bits per heavy atom. The normalized spacial score (nSPS) is 29.1. The number of imide groups is 1. The Bertz CT molecular complexity index is 563. The lowest BCUT2D eigenvalue weighted by Gasteiger charge is -2.19. The molecule has 3 rings (SSSR count). The molecule has 2 unspecified atom stereocenters. The first kappa shape index (κ1) is 13.4. The van der Waals surface area contributed by atoms with Crippen molar-refractivity contribution in [2.45, 2.75) is 26.2 Å². The number of anilines is 2. The van der Waals surface area contributed by atoms with Crippen molar-refractivity contribution in [3.05, 3.63) is 23.2 Å². The molecule has 1 aromatic carbocycles. The number of rotatable bonds is 2. The van der Waals surface area contributed by atoms with Gasteiger partial charge in [-0.1, -0.05) is 24.9 Å². The van der Waals surface area contributed by atoms with Crippen molar-refractivity contribution < 1.29 is 9.59 Å². The molecule has 20 heavy (non-hydrogen) atoms. The smallest absolute Gasteiger partial charge is 0.237 e. The minimum atomic E-state index is -0.166. The van der Waals surface area contributed by atoms with E-state index in [-0.39, 0.29) is 23.7 Å². The molecule has 2 atom stereocenters. The molecule has 1 saturated heterocycles. The van der Waals surface area contributed by atoms with Gasteiger partial charge in [-0.05, 0) is 37.0 Å². The fraction of sp³-hybridized carbons (Fsp3) is 0.467. The van der Waals surface area contributed by atoms with E-state index in [0.29, 0.717) is 22.3 Å². The van der Waals surface area contributed by atoms with Crippen molar-refractivity contribution >= 4 is 34.8 Å². The van der Waals surface area contributed by atoms with Crippen molar-refractivity contribution in [2.24, 2.45) is 17.8 Å². The van der Waals surface area contributed by atoms with E-state index in [1.54, 1.807) is 18.2 Å². The van der Waals surface area contributed by atoms with Gasteiger partial charge in [0.1, 0.15) is 0 Å². The van der Waals surface area contributed by atoms with E-state index < -0.39 is 0 Å². The Balaban J connectivity index is 1.94. The van der Waals surface area contributed by atoms with Crippen LogP contribution in [-0.4, -0.2) is 11.8 Å². The van der Waals surface area contributed by atoms with Crippen LogP contribution in [0.4, 0.5) is 11.4 Å². The predicted molar refractivity (Wildman–Crippen MR) is 78.4 cm³/mol. The summed E-state index contributed by atoms with van der Waals surface area (Å²) in [7, 11) is 0. The summed E-state index contributed by atoms with van der Waals surface area (Å²) in [6, 6.07) is 4.87. The van der Waals surface area contributed by atoms with Crippen molar-refractivity contribution in [2.75, 3.05) is 10.6 Å². The summed E-state index contributed by atoms with van der Waals surface area (Å²) in [5.41, 5.74) is 6.63. The molecule has 5 heteroatoms. The summed E-state index contributed by atoms with van der Waals surface area (Å²) in [5, 5.41) is 0.346. The van der Waals surface area contributed by atoms with Crippen LogP contribution in [0.5, 0.6) is 0 Å². The minimum Gasteiger partial charge on any atom is -0.399 e. The Morgan fingerprint density at radius 2 is 1.85 bits per heavy atom. The van der Waals surface area contributed by atoms with Crippen molar-refractivity contribution in [1.82, 2.24) is 0 Å². The second kappa shape index (κ2) is 4.77. The van der Waals surface area contributed by atoms with Crippen LogP contribution >= 0.6 is 11.6 Å². The van der Waals surface area contributed by atoms with Crippen molar-refractivity contribution in [3.8, 4) is 0 Å². The molecule has 0 spiro atoms. The third-order valence-electron chi connectivity index (χ3n) is 4.53. The molecule has 106 valence electrons. The number of nitrogen functional groups attached to an aromatic ring is 1. The molecule has 1 saturated carbocycles. The van der Waals surface area contributed by atoms with Gasteiger partial charge in [-0.15, -0.1) is 0 Å². The molecule has 2 N–H and O–H groups in total. The molecular weight excluding hydrogens is 276 g/mol. The maximum atomic E-state index is 12.5. The molecular formula is C15H17ClN2O2. The van der Waals surface area contributed by atoms with Gasteiger partial charge >= 0.3 is 0 Å². The zero-order valence-corrected chi connectivity index (χ0v) is 12.1. The maximum absolute atomic E-state index is 12.5. The van der Waals surface area contributed by atoms with Crippen LogP contribution in [0.2, 0.25) is 5.02 Å². The third-order valence-corrected chi connectivity index (χ3v) is 4.83. The lowest BCUT2D eigenvalue weighted by atomic mass is 10.00. The Kier molecular flexibility index (Phi) is 3.21. The zero-order chi connectivity index (χ0) is 14.4. The van der Waals surface area contributed by atoms with Crippen molar-refractivity contribution in [1.29, 1.82) is 0 Å². The fourth-order valence-electron chi connectivity index (χ4n) is 3.40. The van der Waals surface area contributed by atoms with Gasteiger partial charge < -0.3 is 5.73 Å². The molecule has 0 aromatic heterocycles. The standard InChI is InChI=1S/C15H17ClN2O2/c1-2-8-5-10-11(6-8)15(20)18(14(10)19)13-4-3-9(17)7-12(13)16/h3-4,7-8,10-11H,2,5-6,17H2,1H3. The Morgan fingerprint density at radius 3 is 2.35 bits per heavy atom. The lowest BCUT2D eigenvalue weighted by Crippen LogP contribution is -2.32. The van der Waals surface area contributed by atoms with Gasteiger partial charge in [0.15, 0.2) is 0 Å². The largest absolute Gasteiger partial charge is 0.399 e. The van der Waals surface area contributed by atoms with Crippen molar-refractivity contribution in [3.63, 3.8) is 0 Å². The average molecular weight is 293 g/mol. The fourth-order valence-corrected chi connectivity index (χ4v) is 3.68. The average Bonchev–Trinajstić information content (AvgIpc) is 2.93. The molecule has 0 bridgehead atoms. The number of halogens is 1. The van der Waals surface area contributed by atoms with Gasteiger partial charge in [0, 0.05) is 5.69 Å². The monoisotopic (exact) mass is 292 g/mol. The Hall–Kier alpha value is -1.55.